The molecule has 1 aromatic carbocycles. The Bertz CT molecular complexity index is 1040. The van der Waals surface area contributed by atoms with Crippen molar-refractivity contribution in [2.45, 2.75) is 81.1 Å². The monoisotopic (exact) mass is 442 g/mol. The highest BCUT2D eigenvalue weighted by Crippen LogP contribution is 2.68. The first-order chi connectivity index (χ1) is 14.3. The molecule has 4 aliphatic rings. The topological polar surface area (TPSA) is 96.4 Å². The van der Waals surface area contributed by atoms with Crippen LogP contribution in [-0.4, -0.2) is 53.0 Å². The quantitative estimate of drug-likeness (QED) is 0.411. The minimum Gasteiger partial charge on any atom is -0.507 e. The van der Waals surface area contributed by atoms with E-state index < -0.39 is 42.9 Å². The molecule has 1 heterocycles. The van der Waals surface area contributed by atoms with E-state index in [0.717, 1.165) is 6.42 Å². The maximum absolute atomic E-state index is 13.8. The SMILES string of the molecule is CC(C)(C)[Si](C)(C)O[C@@H]1CCC[C@@]2(O)C=C[C@]34O[C@]3(C(=O)c3cccc(O)c3C4=O)[C@@H]12. The van der Waals surface area contributed by atoms with Crippen LogP contribution in [0.5, 0.6) is 5.75 Å². The highest BCUT2D eigenvalue weighted by Gasteiger charge is 2.87. The highest BCUT2D eigenvalue weighted by molar-refractivity contribution is 6.74. The Morgan fingerprint density at radius 3 is 2.55 bits per heavy atom. The van der Waals surface area contributed by atoms with E-state index in [1.54, 1.807) is 24.3 Å². The van der Waals surface area contributed by atoms with E-state index in [4.69, 9.17) is 9.16 Å². The maximum Gasteiger partial charge on any atom is 0.206 e. The van der Waals surface area contributed by atoms with Crippen molar-refractivity contribution in [3.63, 3.8) is 0 Å². The lowest BCUT2D eigenvalue weighted by molar-refractivity contribution is -0.0937. The fraction of sp³-hybridized carbons (Fsp3) is 0.583. The predicted molar refractivity (Wildman–Crippen MR) is 117 cm³/mol. The van der Waals surface area contributed by atoms with Crippen LogP contribution < -0.4 is 0 Å². The van der Waals surface area contributed by atoms with Crippen LogP contribution in [0.15, 0.2) is 30.4 Å². The summed E-state index contributed by atoms with van der Waals surface area (Å²) in [6, 6.07) is 4.52. The smallest absolute Gasteiger partial charge is 0.206 e. The van der Waals surface area contributed by atoms with Gasteiger partial charge in [0.1, 0.15) is 5.75 Å². The van der Waals surface area contributed by atoms with E-state index in [2.05, 4.69) is 33.9 Å². The number of rotatable bonds is 2. The molecule has 5 atom stereocenters. The van der Waals surface area contributed by atoms with Crippen LogP contribution in [0.3, 0.4) is 0 Å². The lowest BCUT2D eigenvalue weighted by Crippen LogP contribution is -2.65. The molecule has 6 nitrogen and oxygen atoms in total. The van der Waals surface area contributed by atoms with Gasteiger partial charge in [0, 0.05) is 5.56 Å². The molecule has 166 valence electrons. The summed E-state index contributed by atoms with van der Waals surface area (Å²) in [5, 5.41) is 21.9. The summed E-state index contributed by atoms with van der Waals surface area (Å²) in [5.41, 5.74) is -4.07. The first-order valence-corrected chi connectivity index (χ1v) is 13.9. The van der Waals surface area contributed by atoms with Gasteiger partial charge in [0.05, 0.1) is 23.2 Å². The standard InChI is InChI=1S/C24H30O6Si/c1-21(2,3)31(4,5)29-16-10-7-11-22(28)12-13-23-20(27)17-14(8-6-9-15(17)25)19(26)24(23,30-23)18(16)22/h6,8-9,12-13,16,18,25,28H,7,10-11H2,1-5H3/t16-,18+,22-,23-,24+/m1/s1. The molecular formula is C24H30O6Si. The van der Waals surface area contributed by atoms with Crippen molar-refractivity contribution in [3.8, 4) is 5.75 Å². The van der Waals surface area contributed by atoms with E-state index in [1.165, 1.54) is 6.07 Å². The Balaban J connectivity index is 1.66. The molecule has 0 radical (unpaired) electrons. The average Bonchev–Trinajstić information content (AvgIpc) is 3.37. The molecule has 0 unspecified atom stereocenters. The maximum atomic E-state index is 13.8. The van der Waals surface area contributed by atoms with Crippen LogP contribution in [-0.2, 0) is 9.16 Å². The second kappa shape index (κ2) is 5.95. The molecule has 1 aromatic rings. The summed E-state index contributed by atoms with van der Waals surface area (Å²) < 4.78 is 12.9. The summed E-state index contributed by atoms with van der Waals surface area (Å²) >= 11 is 0. The average molecular weight is 443 g/mol. The fourth-order valence-corrected chi connectivity index (χ4v) is 7.02. The van der Waals surface area contributed by atoms with Gasteiger partial charge in [-0.15, -0.1) is 0 Å². The van der Waals surface area contributed by atoms with Crippen LogP contribution in [0.25, 0.3) is 0 Å². The molecular weight excluding hydrogens is 412 g/mol. The van der Waals surface area contributed by atoms with Crippen LogP contribution in [0, 0.1) is 5.92 Å². The van der Waals surface area contributed by atoms with E-state index in [1.807, 2.05) is 0 Å². The Labute approximate surface area is 183 Å². The number of hydrogen-bond donors (Lipinski definition) is 2. The molecule has 1 aliphatic heterocycles. The molecule has 1 saturated heterocycles. The minimum absolute atomic E-state index is 0.00777. The zero-order valence-electron chi connectivity index (χ0n) is 18.7. The first-order valence-electron chi connectivity index (χ1n) is 11.0. The molecule has 7 heteroatoms. The van der Waals surface area contributed by atoms with Gasteiger partial charge in [0.2, 0.25) is 5.78 Å². The molecule has 0 amide bonds. The summed E-state index contributed by atoms with van der Waals surface area (Å²) in [6.45, 7) is 10.8. The summed E-state index contributed by atoms with van der Waals surface area (Å²) in [6.07, 6.45) is 4.74. The number of hydrogen-bond acceptors (Lipinski definition) is 6. The van der Waals surface area contributed by atoms with Gasteiger partial charge in [-0.2, -0.15) is 0 Å². The van der Waals surface area contributed by atoms with Gasteiger partial charge in [-0.1, -0.05) is 39.0 Å². The molecule has 0 bridgehead atoms. The number of fused-ring (bicyclic) bond motifs is 2. The van der Waals surface area contributed by atoms with Crippen molar-refractivity contribution >= 4 is 19.9 Å². The van der Waals surface area contributed by atoms with Crippen molar-refractivity contribution in [2.24, 2.45) is 5.92 Å². The largest absolute Gasteiger partial charge is 0.507 e. The Morgan fingerprint density at radius 1 is 1.16 bits per heavy atom. The van der Waals surface area contributed by atoms with Gasteiger partial charge in [-0.3, -0.25) is 9.59 Å². The van der Waals surface area contributed by atoms with Crippen molar-refractivity contribution in [3.05, 3.63) is 41.5 Å². The number of carbonyl (C=O) groups is 2. The number of carbonyl (C=O) groups excluding carboxylic acids is 2. The number of phenols is 1. The number of aliphatic hydroxyl groups is 1. The predicted octanol–water partition coefficient (Wildman–Crippen LogP) is 3.77. The second-order valence-electron chi connectivity index (χ2n) is 11.0. The molecule has 1 saturated carbocycles. The van der Waals surface area contributed by atoms with Gasteiger partial charge >= 0.3 is 0 Å². The lowest BCUT2D eigenvalue weighted by atomic mass is 9.56. The number of ether oxygens (including phenoxy) is 1. The van der Waals surface area contributed by atoms with Crippen LogP contribution in [0.2, 0.25) is 18.1 Å². The second-order valence-corrected chi connectivity index (χ2v) is 15.8. The third-order valence-electron chi connectivity index (χ3n) is 8.29. The number of aromatic hydroxyl groups is 1. The molecule has 31 heavy (non-hydrogen) atoms. The van der Waals surface area contributed by atoms with Gasteiger partial charge in [-0.25, -0.2) is 0 Å². The van der Waals surface area contributed by atoms with Gasteiger partial charge in [-0.05, 0) is 49.5 Å². The zero-order valence-corrected chi connectivity index (χ0v) is 19.7. The van der Waals surface area contributed by atoms with E-state index in [-0.39, 0.29) is 27.7 Å². The van der Waals surface area contributed by atoms with Gasteiger partial charge in [0.25, 0.3) is 0 Å². The molecule has 0 aromatic heterocycles. The Morgan fingerprint density at radius 2 is 1.87 bits per heavy atom. The summed E-state index contributed by atoms with van der Waals surface area (Å²) in [4.78, 5) is 27.3. The Hall–Kier alpha value is -1.80. The van der Waals surface area contributed by atoms with Crippen LogP contribution in [0.1, 0.15) is 60.7 Å². The molecule has 2 N–H and O–H groups in total. The van der Waals surface area contributed by atoms with Gasteiger partial charge in [0.15, 0.2) is 25.3 Å². The number of benzene rings is 1. The highest BCUT2D eigenvalue weighted by atomic mass is 28.4. The summed E-state index contributed by atoms with van der Waals surface area (Å²) in [7, 11) is -2.22. The van der Waals surface area contributed by atoms with Crippen molar-refractivity contribution in [2.75, 3.05) is 0 Å². The van der Waals surface area contributed by atoms with E-state index >= 15 is 0 Å². The van der Waals surface area contributed by atoms with E-state index in [9.17, 15) is 19.8 Å². The number of phenolic OH excluding ortho intramolecular Hbond substituents is 1. The fourth-order valence-electron chi connectivity index (χ4n) is 5.66. The zero-order chi connectivity index (χ0) is 22.6. The summed E-state index contributed by atoms with van der Waals surface area (Å²) in [5.74, 6) is -1.67. The number of epoxide rings is 1. The molecule has 3 aliphatic carbocycles. The number of Topliss-reactive ketones (excluding diaryl/α,β-unsaturated/α-hetero) is 2. The number of ketones is 2. The third-order valence-corrected chi connectivity index (χ3v) is 12.8. The van der Waals surface area contributed by atoms with Crippen LogP contribution >= 0.6 is 0 Å². The normalized spacial score (nSPS) is 38.8. The Kier molecular flexibility index (Phi) is 4.04. The van der Waals surface area contributed by atoms with Crippen molar-refractivity contribution in [1.29, 1.82) is 0 Å². The molecule has 2 fully saturated rings. The molecule has 0 spiro atoms. The van der Waals surface area contributed by atoms with Crippen molar-refractivity contribution in [1.82, 2.24) is 0 Å². The van der Waals surface area contributed by atoms with Gasteiger partial charge < -0.3 is 19.4 Å². The van der Waals surface area contributed by atoms with E-state index in [0.29, 0.717) is 12.8 Å². The lowest BCUT2D eigenvalue weighted by Gasteiger charge is -2.51. The first kappa shape index (κ1) is 21.1. The van der Waals surface area contributed by atoms with Crippen molar-refractivity contribution < 1.29 is 29.0 Å². The molecule has 5 rings (SSSR count). The van der Waals surface area contributed by atoms with Crippen LogP contribution in [0.4, 0.5) is 0 Å². The minimum atomic E-state index is -2.22. The third kappa shape index (κ3) is 2.43.